The summed E-state index contributed by atoms with van der Waals surface area (Å²) in [7, 11) is 1.64. The van der Waals surface area contributed by atoms with Crippen molar-refractivity contribution in [2.24, 2.45) is 10.2 Å². The molecule has 1 heterocycles. The number of methoxy groups -OCH3 is 1. The fraction of sp³-hybridized carbons (Fsp3) is 0.111. The summed E-state index contributed by atoms with van der Waals surface area (Å²) in [6, 6.07) is 17.5. The summed E-state index contributed by atoms with van der Waals surface area (Å²) in [5.74, 6) is 1.55. The van der Waals surface area contributed by atoms with Crippen LogP contribution in [0.2, 0.25) is 0 Å². The Labute approximate surface area is 128 Å². The van der Waals surface area contributed by atoms with Crippen molar-refractivity contribution >= 4 is 22.9 Å². The highest BCUT2D eigenvalue weighted by Crippen LogP contribution is 2.19. The van der Waals surface area contributed by atoms with Crippen LogP contribution in [0.3, 0.4) is 0 Å². The Morgan fingerprint density at radius 1 is 1.09 bits per heavy atom. The molecule has 0 unspecified atom stereocenters. The molecule has 0 saturated heterocycles. The summed E-state index contributed by atoms with van der Waals surface area (Å²) < 4.78 is 10.9. The summed E-state index contributed by atoms with van der Waals surface area (Å²) in [5.41, 5.74) is 2.55. The van der Waals surface area contributed by atoms with Gasteiger partial charge in [0.2, 0.25) is 0 Å². The second kappa shape index (κ2) is 6.26. The van der Waals surface area contributed by atoms with Crippen LogP contribution in [-0.2, 0) is 0 Å². The largest absolute Gasteiger partial charge is 0.497 e. The Bertz CT molecular complexity index is 797. The molecule has 3 aromatic rings. The fourth-order valence-corrected chi connectivity index (χ4v) is 2.08. The van der Waals surface area contributed by atoms with Crippen LogP contribution in [-0.4, -0.2) is 19.0 Å². The highest BCUT2D eigenvalue weighted by molar-refractivity contribution is 5.99. The zero-order valence-electron chi connectivity index (χ0n) is 12.5. The van der Waals surface area contributed by atoms with Crippen LogP contribution in [0.1, 0.15) is 18.2 Å². The van der Waals surface area contributed by atoms with Crippen LogP contribution in [0.25, 0.3) is 11.0 Å². The third-order valence-corrected chi connectivity index (χ3v) is 3.31. The number of para-hydroxylation sites is 1. The minimum atomic E-state index is 0.730. The van der Waals surface area contributed by atoms with E-state index in [4.69, 9.17) is 9.15 Å². The van der Waals surface area contributed by atoms with E-state index < -0.39 is 0 Å². The zero-order valence-corrected chi connectivity index (χ0v) is 12.5. The van der Waals surface area contributed by atoms with E-state index >= 15 is 0 Å². The van der Waals surface area contributed by atoms with Gasteiger partial charge in [-0.2, -0.15) is 10.2 Å². The predicted octanol–water partition coefficient (Wildman–Crippen LogP) is 4.28. The normalized spacial score (nSPS) is 12.2. The lowest BCUT2D eigenvalue weighted by Gasteiger charge is -1.98. The smallest absolute Gasteiger partial charge is 0.151 e. The van der Waals surface area contributed by atoms with Crippen LogP contribution in [0.4, 0.5) is 0 Å². The Morgan fingerprint density at radius 3 is 2.59 bits per heavy atom. The molecule has 0 amide bonds. The van der Waals surface area contributed by atoms with Crippen LogP contribution in [0.15, 0.2) is 69.2 Å². The molecule has 0 radical (unpaired) electrons. The summed E-state index contributed by atoms with van der Waals surface area (Å²) in [6.45, 7) is 1.88. The van der Waals surface area contributed by atoms with E-state index in [0.29, 0.717) is 0 Å². The van der Waals surface area contributed by atoms with E-state index in [9.17, 15) is 0 Å². The first-order chi connectivity index (χ1) is 10.8. The minimum Gasteiger partial charge on any atom is -0.497 e. The predicted molar refractivity (Wildman–Crippen MR) is 89.0 cm³/mol. The van der Waals surface area contributed by atoms with E-state index in [1.807, 2.05) is 61.5 Å². The zero-order chi connectivity index (χ0) is 15.4. The Morgan fingerprint density at radius 2 is 1.86 bits per heavy atom. The third kappa shape index (κ3) is 3.06. The van der Waals surface area contributed by atoms with Crippen molar-refractivity contribution < 1.29 is 9.15 Å². The van der Waals surface area contributed by atoms with E-state index in [1.54, 1.807) is 13.3 Å². The summed E-state index contributed by atoms with van der Waals surface area (Å²) in [6.07, 6.45) is 1.70. The van der Waals surface area contributed by atoms with Gasteiger partial charge in [-0.1, -0.05) is 18.2 Å². The first-order valence-electron chi connectivity index (χ1n) is 6.97. The SMILES string of the molecule is COc1ccc(/C=N/N=C(\C)c2cc3ccccc3o2)cc1. The van der Waals surface area contributed by atoms with Crippen LogP contribution >= 0.6 is 0 Å². The van der Waals surface area contributed by atoms with Crippen molar-refractivity contribution in [2.45, 2.75) is 6.92 Å². The third-order valence-electron chi connectivity index (χ3n) is 3.31. The average molecular weight is 292 g/mol. The van der Waals surface area contributed by atoms with Gasteiger partial charge in [-0.05, 0) is 48.9 Å². The lowest BCUT2D eigenvalue weighted by atomic mass is 10.2. The molecular weight excluding hydrogens is 276 g/mol. The second-order valence-electron chi connectivity index (χ2n) is 4.85. The van der Waals surface area contributed by atoms with Crippen molar-refractivity contribution in [3.05, 3.63) is 65.9 Å². The van der Waals surface area contributed by atoms with Crippen molar-refractivity contribution in [3.63, 3.8) is 0 Å². The van der Waals surface area contributed by atoms with Crippen molar-refractivity contribution in [2.75, 3.05) is 7.11 Å². The number of benzene rings is 2. The van der Waals surface area contributed by atoms with Crippen molar-refractivity contribution in [1.82, 2.24) is 0 Å². The van der Waals surface area contributed by atoms with E-state index in [-0.39, 0.29) is 0 Å². The molecule has 0 atom stereocenters. The number of ether oxygens (including phenoxy) is 1. The monoisotopic (exact) mass is 292 g/mol. The average Bonchev–Trinajstić information content (AvgIpc) is 2.99. The first kappa shape index (κ1) is 14.1. The molecule has 22 heavy (non-hydrogen) atoms. The molecule has 0 N–H and O–H groups in total. The highest BCUT2D eigenvalue weighted by atomic mass is 16.5. The lowest BCUT2D eigenvalue weighted by molar-refractivity contribution is 0.415. The van der Waals surface area contributed by atoms with Crippen LogP contribution in [0.5, 0.6) is 5.75 Å². The van der Waals surface area contributed by atoms with Crippen molar-refractivity contribution in [3.8, 4) is 5.75 Å². The Balaban J connectivity index is 1.77. The molecule has 0 bridgehead atoms. The molecule has 0 aliphatic heterocycles. The Hall–Kier alpha value is -2.88. The topological polar surface area (TPSA) is 47.1 Å². The van der Waals surface area contributed by atoms with Gasteiger partial charge >= 0.3 is 0 Å². The van der Waals surface area contributed by atoms with Crippen molar-refractivity contribution in [1.29, 1.82) is 0 Å². The molecule has 2 aromatic carbocycles. The molecule has 1 aromatic heterocycles. The maximum atomic E-state index is 5.74. The molecule has 0 aliphatic carbocycles. The van der Waals surface area contributed by atoms with E-state index in [1.165, 1.54) is 0 Å². The quantitative estimate of drug-likeness (QED) is 0.532. The highest BCUT2D eigenvalue weighted by Gasteiger charge is 2.05. The maximum absolute atomic E-state index is 5.74. The number of hydrogen-bond acceptors (Lipinski definition) is 4. The molecule has 0 spiro atoms. The van der Waals surface area contributed by atoms with E-state index in [0.717, 1.165) is 33.8 Å². The second-order valence-corrected chi connectivity index (χ2v) is 4.85. The van der Waals surface area contributed by atoms with Gasteiger partial charge in [-0.3, -0.25) is 0 Å². The van der Waals surface area contributed by atoms with Gasteiger partial charge in [-0.25, -0.2) is 0 Å². The van der Waals surface area contributed by atoms with Gasteiger partial charge in [0.15, 0.2) is 5.76 Å². The Kier molecular flexibility index (Phi) is 4.01. The molecule has 3 rings (SSSR count). The number of furan rings is 1. The molecular formula is C18H16N2O2. The fourth-order valence-electron chi connectivity index (χ4n) is 2.08. The minimum absolute atomic E-state index is 0.730. The molecule has 0 fully saturated rings. The molecule has 0 aliphatic rings. The molecule has 4 nitrogen and oxygen atoms in total. The van der Waals surface area contributed by atoms with Gasteiger partial charge in [0.25, 0.3) is 0 Å². The maximum Gasteiger partial charge on any atom is 0.151 e. The molecule has 0 saturated carbocycles. The lowest BCUT2D eigenvalue weighted by Crippen LogP contribution is -1.90. The number of nitrogens with zero attached hydrogens (tertiary/aromatic N) is 2. The van der Waals surface area contributed by atoms with Gasteiger partial charge < -0.3 is 9.15 Å². The summed E-state index contributed by atoms with van der Waals surface area (Å²) in [4.78, 5) is 0. The van der Waals surface area contributed by atoms with E-state index in [2.05, 4.69) is 10.2 Å². The standard InChI is InChI=1S/C18H16N2O2/c1-13(18-11-15-5-3-4-6-17(15)22-18)20-19-12-14-7-9-16(21-2)10-8-14/h3-12H,1-2H3/b19-12+,20-13+. The molecule has 110 valence electrons. The van der Waals surface area contributed by atoms with Gasteiger partial charge in [0.05, 0.1) is 13.3 Å². The van der Waals surface area contributed by atoms with Gasteiger partial charge in [0.1, 0.15) is 17.0 Å². The number of hydrogen-bond donors (Lipinski definition) is 0. The van der Waals surface area contributed by atoms with Crippen LogP contribution < -0.4 is 4.74 Å². The van der Waals surface area contributed by atoms with Gasteiger partial charge in [-0.15, -0.1) is 0 Å². The first-order valence-corrected chi connectivity index (χ1v) is 6.97. The molecule has 4 heteroatoms. The van der Waals surface area contributed by atoms with Gasteiger partial charge in [0, 0.05) is 5.39 Å². The number of rotatable bonds is 4. The summed E-state index contributed by atoms with van der Waals surface area (Å²) in [5, 5.41) is 9.36. The number of fused-ring (bicyclic) bond motifs is 1. The van der Waals surface area contributed by atoms with Crippen LogP contribution in [0, 0.1) is 0 Å². The summed E-state index contributed by atoms with van der Waals surface area (Å²) >= 11 is 0.